The number of aryl methyl sites for hydroxylation is 1. The molecule has 4 rings (SSSR count). The van der Waals surface area contributed by atoms with Gasteiger partial charge in [0.25, 0.3) is 0 Å². The molecular formula is C26H29FOS. The maximum Gasteiger partial charge on any atom is 0.130 e. The van der Waals surface area contributed by atoms with Crippen LogP contribution < -0.4 is 4.74 Å². The second-order valence-corrected chi connectivity index (χ2v) is 6.74. The summed E-state index contributed by atoms with van der Waals surface area (Å²) in [4.78, 5) is 0. The molecule has 0 saturated carbocycles. The van der Waals surface area contributed by atoms with Crippen LogP contribution >= 0.6 is 12.6 Å². The van der Waals surface area contributed by atoms with Gasteiger partial charge in [-0.25, -0.2) is 4.39 Å². The Kier molecular flexibility index (Phi) is 8.10. The fourth-order valence-electron chi connectivity index (χ4n) is 3.64. The number of benzene rings is 3. The lowest BCUT2D eigenvalue weighted by Crippen LogP contribution is -2.14. The standard InChI is InChI=1S/C24H21FO.CH4S.CH4/c1-3-18-14-19(9-12-22(18)25)24-16(2)13-23(20-10-11-21(20)24)26-15-17-7-5-4-6-8-17;1-2;/h3-9,12-14H,1,10-11,15H2,2H3;2H,1H3;1H4. The lowest BCUT2D eigenvalue weighted by atomic mass is 9.79. The maximum absolute atomic E-state index is 13.8. The van der Waals surface area contributed by atoms with Gasteiger partial charge in [0, 0.05) is 5.56 Å². The Morgan fingerprint density at radius 2 is 1.72 bits per heavy atom. The molecule has 0 spiro atoms. The molecule has 29 heavy (non-hydrogen) atoms. The van der Waals surface area contributed by atoms with E-state index in [1.54, 1.807) is 12.3 Å². The monoisotopic (exact) mass is 408 g/mol. The van der Waals surface area contributed by atoms with Gasteiger partial charge in [-0.05, 0) is 77.6 Å². The zero-order valence-corrected chi connectivity index (χ0v) is 17.2. The van der Waals surface area contributed by atoms with Gasteiger partial charge in [-0.2, -0.15) is 12.6 Å². The Morgan fingerprint density at radius 3 is 2.34 bits per heavy atom. The van der Waals surface area contributed by atoms with E-state index in [-0.39, 0.29) is 13.2 Å². The minimum atomic E-state index is -0.233. The molecule has 0 unspecified atom stereocenters. The molecule has 0 aliphatic heterocycles. The summed E-state index contributed by atoms with van der Waals surface area (Å²) in [6.45, 7) is 6.38. The normalized spacial score (nSPS) is 11.2. The van der Waals surface area contributed by atoms with Crippen LogP contribution in [0.15, 0.2) is 61.2 Å². The molecule has 0 saturated heterocycles. The van der Waals surface area contributed by atoms with E-state index in [4.69, 9.17) is 4.74 Å². The molecule has 1 nitrogen and oxygen atoms in total. The fourth-order valence-corrected chi connectivity index (χ4v) is 3.64. The van der Waals surface area contributed by atoms with Crippen LogP contribution in [0.3, 0.4) is 0 Å². The van der Waals surface area contributed by atoms with E-state index in [0.717, 1.165) is 35.3 Å². The van der Waals surface area contributed by atoms with E-state index >= 15 is 0 Å². The quantitative estimate of drug-likeness (QED) is 0.436. The van der Waals surface area contributed by atoms with E-state index in [0.29, 0.717) is 12.2 Å². The SMILES string of the molecule is C.C=Cc1cc(-c2c(C)cc(OCc3ccccc3)c3c2CC3)ccc1F.CS. The zero-order chi connectivity index (χ0) is 20.1. The molecule has 0 atom stereocenters. The van der Waals surface area contributed by atoms with Crippen LogP contribution in [-0.4, -0.2) is 6.26 Å². The summed E-state index contributed by atoms with van der Waals surface area (Å²) < 4.78 is 19.9. The minimum absolute atomic E-state index is 0. The summed E-state index contributed by atoms with van der Waals surface area (Å²) in [5.74, 6) is 0.741. The molecule has 1 aliphatic carbocycles. The zero-order valence-electron chi connectivity index (χ0n) is 16.3. The summed E-state index contributed by atoms with van der Waals surface area (Å²) >= 11 is 3.53. The van der Waals surface area contributed by atoms with Crippen molar-refractivity contribution in [1.82, 2.24) is 0 Å². The van der Waals surface area contributed by atoms with E-state index in [9.17, 15) is 4.39 Å². The van der Waals surface area contributed by atoms with Crippen molar-refractivity contribution < 1.29 is 9.13 Å². The summed E-state index contributed by atoms with van der Waals surface area (Å²) in [6, 6.07) is 17.6. The molecule has 152 valence electrons. The van der Waals surface area contributed by atoms with Gasteiger partial charge in [-0.15, -0.1) is 0 Å². The van der Waals surface area contributed by atoms with Crippen LogP contribution in [-0.2, 0) is 19.4 Å². The van der Waals surface area contributed by atoms with Crippen LogP contribution in [0.2, 0.25) is 0 Å². The molecule has 3 aromatic rings. The summed E-state index contributed by atoms with van der Waals surface area (Å²) in [5, 5.41) is 0. The van der Waals surface area contributed by atoms with Crippen molar-refractivity contribution in [3.05, 3.63) is 94.8 Å². The third kappa shape index (κ3) is 4.73. The molecule has 1 aliphatic rings. The minimum Gasteiger partial charge on any atom is -0.489 e. The Bertz CT molecular complexity index is 980. The average Bonchev–Trinajstić information content (AvgIpc) is 2.71. The van der Waals surface area contributed by atoms with Crippen molar-refractivity contribution >= 4 is 18.7 Å². The van der Waals surface area contributed by atoms with Crippen molar-refractivity contribution in [2.45, 2.75) is 33.8 Å². The largest absolute Gasteiger partial charge is 0.489 e. The van der Waals surface area contributed by atoms with Gasteiger partial charge in [0.2, 0.25) is 0 Å². The van der Waals surface area contributed by atoms with Gasteiger partial charge in [0.1, 0.15) is 18.2 Å². The van der Waals surface area contributed by atoms with Gasteiger partial charge >= 0.3 is 0 Å². The van der Waals surface area contributed by atoms with Gasteiger partial charge in [-0.3, -0.25) is 0 Å². The van der Waals surface area contributed by atoms with Crippen molar-refractivity contribution in [3.63, 3.8) is 0 Å². The molecule has 0 aromatic heterocycles. The molecule has 0 radical (unpaired) electrons. The number of halogens is 1. The average molecular weight is 409 g/mol. The number of hydrogen-bond donors (Lipinski definition) is 1. The van der Waals surface area contributed by atoms with Crippen molar-refractivity contribution in [3.8, 4) is 16.9 Å². The Morgan fingerprint density at radius 1 is 1.03 bits per heavy atom. The molecule has 0 bridgehead atoms. The summed E-state index contributed by atoms with van der Waals surface area (Å²) in [6.07, 6.45) is 5.33. The lowest BCUT2D eigenvalue weighted by Gasteiger charge is -2.28. The molecule has 0 N–H and O–H groups in total. The topological polar surface area (TPSA) is 9.23 Å². The van der Waals surface area contributed by atoms with Crippen LogP contribution in [0.4, 0.5) is 4.39 Å². The number of hydrogen-bond acceptors (Lipinski definition) is 2. The van der Waals surface area contributed by atoms with E-state index in [1.807, 2.05) is 30.3 Å². The molecular weight excluding hydrogens is 379 g/mol. The van der Waals surface area contributed by atoms with Crippen molar-refractivity contribution in [2.24, 2.45) is 0 Å². The second kappa shape index (κ2) is 10.3. The third-order valence-corrected chi connectivity index (χ3v) is 5.07. The predicted molar refractivity (Wildman–Crippen MR) is 126 cm³/mol. The highest BCUT2D eigenvalue weighted by atomic mass is 32.1. The molecule has 3 aromatic carbocycles. The maximum atomic E-state index is 13.8. The Labute approximate surface area is 179 Å². The van der Waals surface area contributed by atoms with Gasteiger partial charge < -0.3 is 4.74 Å². The molecule has 0 fully saturated rings. The fraction of sp³-hybridized carbons (Fsp3) is 0.231. The summed E-state index contributed by atoms with van der Waals surface area (Å²) in [5.41, 5.74) is 7.73. The third-order valence-electron chi connectivity index (χ3n) is 5.07. The highest BCUT2D eigenvalue weighted by Gasteiger charge is 2.25. The van der Waals surface area contributed by atoms with Crippen LogP contribution in [0.5, 0.6) is 5.75 Å². The second-order valence-electron chi connectivity index (χ2n) is 6.74. The molecule has 0 heterocycles. The van der Waals surface area contributed by atoms with Crippen LogP contribution in [0.1, 0.15) is 35.2 Å². The first-order valence-electron chi connectivity index (χ1n) is 9.36. The number of rotatable bonds is 5. The smallest absolute Gasteiger partial charge is 0.130 e. The van der Waals surface area contributed by atoms with Gasteiger partial charge in [0.05, 0.1) is 0 Å². The number of thiol groups is 1. The van der Waals surface area contributed by atoms with Gasteiger partial charge in [-0.1, -0.05) is 56.5 Å². The van der Waals surface area contributed by atoms with E-state index in [2.05, 4.69) is 44.3 Å². The molecule has 0 amide bonds. The van der Waals surface area contributed by atoms with E-state index < -0.39 is 0 Å². The number of ether oxygens (including phenoxy) is 1. The first-order valence-corrected chi connectivity index (χ1v) is 10.3. The highest BCUT2D eigenvalue weighted by molar-refractivity contribution is 7.79. The van der Waals surface area contributed by atoms with Crippen LogP contribution in [0, 0.1) is 12.7 Å². The van der Waals surface area contributed by atoms with Crippen LogP contribution in [0.25, 0.3) is 17.2 Å². The Hall–Kier alpha value is -2.52. The predicted octanol–water partition coefficient (Wildman–Crippen LogP) is 7.30. The first-order chi connectivity index (χ1) is 13.7. The van der Waals surface area contributed by atoms with Crippen molar-refractivity contribution in [2.75, 3.05) is 6.26 Å². The van der Waals surface area contributed by atoms with Crippen molar-refractivity contribution in [1.29, 1.82) is 0 Å². The Balaban J connectivity index is 0.000000970. The lowest BCUT2D eigenvalue weighted by molar-refractivity contribution is 0.300. The first kappa shape index (κ1) is 22.8. The van der Waals surface area contributed by atoms with E-state index in [1.165, 1.54) is 22.8 Å². The highest BCUT2D eigenvalue weighted by Crippen LogP contribution is 2.42. The van der Waals surface area contributed by atoms with Gasteiger partial charge in [0.15, 0.2) is 0 Å². The molecule has 3 heteroatoms. The number of fused-ring (bicyclic) bond motifs is 1. The summed E-state index contributed by atoms with van der Waals surface area (Å²) in [7, 11) is 0.